The average Bonchev–Trinajstić information content (AvgIpc) is 3.34. The number of furan rings is 1. The minimum atomic E-state index is 0.0430. The van der Waals surface area contributed by atoms with Gasteiger partial charge in [0.1, 0.15) is 11.5 Å². The van der Waals surface area contributed by atoms with E-state index in [1.165, 1.54) is 5.56 Å². The zero-order chi connectivity index (χ0) is 24.5. The van der Waals surface area contributed by atoms with Crippen LogP contribution in [0.1, 0.15) is 53.8 Å². The Kier molecular flexibility index (Phi) is 6.43. The molecule has 0 spiro atoms. The van der Waals surface area contributed by atoms with Crippen molar-refractivity contribution in [3.05, 3.63) is 71.3 Å². The summed E-state index contributed by atoms with van der Waals surface area (Å²) in [6, 6.07) is 14.6. The maximum atomic E-state index is 13.9. The first-order valence-corrected chi connectivity index (χ1v) is 12.4. The van der Waals surface area contributed by atoms with Crippen LogP contribution in [0, 0.1) is 13.8 Å². The highest BCUT2D eigenvalue weighted by molar-refractivity contribution is 6.06. The van der Waals surface area contributed by atoms with Gasteiger partial charge in [-0.15, -0.1) is 0 Å². The second-order valence-corrected chi connectivity index (χ2v) is 9.71. The summed E-state index contributed by atoms with van der Waals surface area (Å²) >= 11 is 0. The van der Waals surface area contributed by atoms with E-state index in [9.17, 15) is 4.79 Å². The summed E-state index contributed by atoms with van der Waals surface area (Å²) in [6.45, 7) is 12.2. The molecule has 0 atom stereocenters. The van der Waals surface area contributed by atoms with Crippen LogP contribution >= 0.6 is 0 Å². The third-order valence-electron chi connectivity index (χ3n) is 6.73. The molecule has 0 unspecified atom stereocenters. The Labute approximate surface area is 206 Å². The van der Waals surface area contributed by atoms with Crippen LogP contribution in [0.25, 0.3) is 22.3 Å². The number of carbonyl (C=O) groups is 1. The lowest BCUT2D eigenvalue weighted by atomic mass is 10.1. The summed E-state index contributed by atoms with van der Waals surface area (Å²) in [6.07, 6.45) is 2.73. The molecular formula is C28H33N5O2. The number of rotatable bonds is 5. The van der Waals surface area contributed by atoms with E-state index in [2.05, 4.69) is 48.1 Å². The molecule has 1 aliphatic rings. The van der Waals surface area contributed by atoms with Crippen LogP contribution in [0.4, 0.5) is 0 Å². The first-order valence-electron chi connectivity index (χ1n) is 12.4. The number of aryl methyl sites for hydroxylation is 2. The molecule has 0 saturated carbocycles. The van der Waals surface area contributed by atoms with E-state index in [-0.39, 0.29) is 11.9 Å². The number of carbonyl (C=O) groups excluding carboxylic acids is 1. The number of pyridine rings is 1. The van der Waals surface area contributed by atoms with E-state index in [1.807, 2.05) is 41.6 Å². The molecule has 35 heavy (non-hydrogen) atoms. The fourth-order valence-corrected chi connectivity index (χ4v) is 4.94. The van der Waals surface area contributed by atoms with Gasteiger partial charge in [0.05, 0.1) is 22.8 Å². The number of aromatic nitrogens is 3. The Morgan fingerprint density at radius 1 is 1.06 bits per heavy atom. The average molecular weight is 472 g/mol. The fraction of sp³-hybridized carbons (Fsp3) is 0.393. The summed E-state index contributed by atoms with van der Waals surface area (Å²) in [7, 11) is 0. The molecule has 3 aromatic heterocycles. The minimum absolute atomic E-state index is 0.0430. The van der Waals surface area contributed by atoms with Gasteiger partial charge in [0.15, 0.2) is 5.65 Å². The monoisotopic (exact) mass is 471 g/mol. The van der Waals surface area contributed by atoms with Crippen molar-refractivity contribution in [1.82, 2.24) is 24.6 Å². The minimum Gasteiger partial charge on any atom is -0.466 e. The van der Waals surface area contributed by atoms with Crippen LogP contribution < -0.4 is 0 Å². The summed E-state index contributed by atoms with van der Waals surface area (Å²) in [5, 5.41) is 5.38. The number of benzene rings is 1. The molecule has 7 heteroatoms. The van der Waals surface area contributed by atoms with Gasteiger partial charge < -0.3 is 9.32 Å². The predicted molar refractivity (Wildman–Crippen MR) is 137 cm³/mol. The summed E-state index contributed by atoms with van der Waals surface area (Å²) in [4.78, 5) is 23.3. The molecule has 1 aromatic carbocycles. The largest absolute Gasteiger partial charge is 0.466 e. The molecule has 7 nitrogen and oxygen atoms in total. The second kappa shape index (κ2) is 9.66. The summed E-state index contributed by atoms with van der Waals surface area (Å²) in [5.41, 5.74) is 4.36. The Morgan fingerprint density at radius 2 is 1.86 bits per heavy atom. The lowest BCUT2D eigenvalue weighted by Crippen LogP contribution is -2.35. The van der Waals surface area contributed by atoms with Gasteiger partial charge >= 0.3 is 0 Å². The molecule has 1 saturated heterocycles. The zero-order valence-electron chi connectivity index (χ0n) is 21.0. The third-order valence-corrected chi connectivity index (χ3v) is 6.73. The molecule has 1 aliphatic heterocycles. The Morgan fingerprint density at radius 3 is 2.57 bits per heavy atom. The molecule has 1 amide bonds. The van der Waals surface area contributed by atoms with E-state index < -0.39 is 0 Å². The van der Waals surface area contributed by atoms with Crippen LogP contribution in [0.2, 0.25) is 0 Å². The number of fused-ring (bicyclic) bond motifs is 1. The van der Waals surface area contributed by atoms with Crippen LogP contribution in [-0.2, 0) is 6.54 Å². The molecule has 4 aromatic rings. The zero-order valence-corrected chi connectivity index (χ0v) is 21.0. The highest BCUT2D eigenvalue weighted by Gasteiger charge is 2.25. The van der Waals surface area contributed by atoms with Crippen molar-refractivity contribution in [2.45, 2.75) is 46.7 Å². The number of hydrogen-bond acceptors (Lipinski definition) is 5. The lowest BCUT2D eigenvalue weighted by molar-refractivity contribution is 0.0763. The molecule has 1 fully saturated rings. The Bertz CT molecular complexity index is 1340. The first kappa shape index (κ1) is 23.3. The van der Waals surface area contributed by atoms with Gasteiger partial charge in [-0.3, -0.25) is 9.69 Å². The van der Waals surface area contributed by atoms with Crippen molar-refractivity contribution in [3.63, 3.8) is 0 Å². The molecule has 5 rings (SSSR count). The summed E-state index contributed by atoms with van der Waals surface area (Å²) in [5.74, 6) is 1.67. The predicted octanol–water partition coefficient (Wildman–Crippen LogP) is 5.24. The second-order valence-electron chi connectivity index (χ2n) is 9.71. The molecule has 0 radical (unpaired) electrons. The molecule has 4 heterocycles. The fourth-order valence-electron chi connectivity index (χ4n) is 4.94. The Hall–Kier alpha value is -3.45. The maximum absolute atomic E-state index is 13.9. The number of amides is 1. The number of nitrogens with zero attached hydrogens (tertiary/aromatic N) is 5. The highest BCUT2D eigenvalue weighted by Crippen LogP contribution is 2.30. The summed E-state index contributed by atoms with van der Waals surface area (Å²) < 4.78 is 7.66. The van der Waals surface area contributed by atoms with E-state index in [0.717, 1.165) is 66.4 Å². The SMILES string of the molecule is Cc1cc(-c2cc(C(=O)N3CCCN(Cc4ccccc4)CC3)c3cnn(C(C)C)c3n2)c(C)o1. The molecule has 182 valence electrons. The maximum Gasteiger partial charge on any atom is 0.254 e. The van der Waals surface area contributed by atoms with Gasteiger partial charge in [-0.2, -0.15) is 5.10 Å². The van der Waals surface area contributed by atoms with Gasteiger partial charge in [-0.05, 0) is 51.8 Å². The van der Waals surface area contributed by atoms with Crippen molar-refractivity contribution < 1.29 is 9.21 Å². The van der Waals surface area contributed by atoms with Crippen molar-refractivity contribution in [2.24, 2.45) is 0 Å². The van der Waals surface area contributed by atoms with E-state index >= 15 is 0 Å². The van der Waals surface area contributed by atoms with Crippen LogP contribution in [-0.4, -0.2) is 56.7 Å². The van der Waals surface area contributed by atoms with Gasteiger partial charge in [-0.1, -0.05) is 30.3 Å². The van der Waals surface area contributed by atoms with Gasteiger partial charge in [0.25, 0.3) is 5.91 Å². The standard InChI is InChI=1S/C28H33N5O2/c1-19(2)33-27-25(17-29-33)24(16-26(30-27)23-15-20(3)35-21(23)4)28(34)32-12-8-11-31(13-14-32)18-22-9-6-5-7-10-22/h5-7,9-10,15-17,19H,8,11-14,18H2,1-4H3. The van der Waals surface area contributed by atoms with Gasteiger partial charge in [-0.25, -0.2) is 9.67 Å². The first-order chi connectivity index (χ1) is 16.9. The van der Waals surface area contributed by atoms with Crippen LogP contribution in [0.5, 0.6) is 0 Å². The van der Waals surface area contributed by atoms with E-state index in [0.29, 0.717) is 12.1 Å². The lowest BCUT2D eigenvalue weighted by Gasteiger charge is -2.22. The van der Waals surface area contributed by atoms with E-state index in [4.69, 9.17) is 9.40 Å². The van der Waals surface area contributed by atoms with Crippen molar-refractivity contribution in [3.8, 4) is 11.3 Å². The van der Waals surface area contributed by atoms with Crippen LogP contribution in [0.15, 0.2) is 53.1 Å². The smallest absolute Gasteiger partial charge is 0.254 e. The van der Waals surface area contributed by atoms with Crippen LogP contribution in [0.3, 0.4) is 0 Å². The molecule has 0 N–H and O–H groups in total. The van der Waals surface area contributed by atoms with Gasteiger partial charge in [0, 0.05) is 44.3 Å². The van der Waals surface area contributed by atoms with Crippen molar-refractivity contribution in [1.29, 1.82) is 0 Å². The number of hydrogen-bond donors (Lipinski definition) is 0. The third kappa shape index (κ3) is 4.73. The molecule has 0 bridgehead atoms. The molecule has 0 aliphatic carbocycles. The normalized spacial score (nSPS) is 15.2. The van der Waals surface area contributed by atoms with Gasteiger partial charge in [0.2, 0.25) is 0 Å². The van der Waals surface area contributed by atoms with Crippen molar-refractivity contribution in [2.75, 3.05) is 26.2 Å². The topological polar surface area (TPSA) is 67.4 Å². The van der Waals surface area contributed by atoms with E-state index in [1.54, 1.807) is 6.20 Å². The Balaban J connectivity index is 1.46. The van der Waals surface area contributed by atoms with Crippen molar-refractivity contribution >= 4 is 16.9 Å². The molecular weight excluding hydrogens is 438 g/mol. The highest BCUT2D eigenvalue weighted by atomic mass is 16.3. The quantitative estimate of drug-likeness (QED) is 0.398.